The first-order chi connectivity index (χ1) is 15.7. The fraction of sp³-hybridized carbons (Fsp3) is 0.318. The van der Waals surface area contributed by atoms with Crippen LogP contribution in [0.25, 0.3) is 0 Å². The van der Waals surface area contributed by atoms with Crippen LogP contribution in [0.15, 0.2) is 42.5 Å². The molecule has 2 rings (SSSR count). The molecule has 0 aliphatic carbocycles. The van der Waals surface area contributed by atoms with Crippen LogP contribution < -0.4 is 10.6 Å². The van der Waals surface area contributed by atoms with Crippen LogP contribution in [-0.2, 0) is 31.9 Å². The first kappa shape index (κ1) is 25.2. The molecular formula is C22H24FN3O7. The van der Waals surface area contributed by atoms with E-state index in [0.717, 1.165) is 7.11 Å². The maximum atomic E-state index is 14.4. The zero-order chi connectivity index (χ0) is 24.4. The molecule has 0 saturated heterocycles. The Morgan fingerprint density at radius 1 is 1.15 bits per heavy atom. The summed E-state index contributed by atoms with van der Waals surface area (Å²) in [6.45, 7) is 1.86. The standard InChI is InChI=1S/C22H24FN3O7/c1-3-33-20(27)12-11-16-17(23)5-4-6-18(16)24-21(28)19(25-22(29)32-2)13-14-7-9-15(10-8-14)26(30)31/h4-10,19H,3,11-13H2,1-2H3,(H,24,28)(H,25,29)/t19-/m0/s1. The predicted molar refractivity (Wildman–Crippen MR) is 116 cm³/mol. The van der Waals surface area contributed by atoms with E-state index in [0.29, 0.717) is 5.56 Å². The summed E-state index contributed by atoms with van der Waals surface area (Å²) in [7, 11) is 1.14. The lowest BCUT2D eigenvalue weighted by molar-refractivity contribution is -0.384. The van der Waals surface area contributed by atoms with Crippen molar-refractivity contribution in [3.8, 4) is 0 Å². The van der Waals surface area contributed by atoms with Gasteiger partial charge in [0, 0.05) is 36.2 Å². The Labute approximate surface area is 189 Å². The molecule has 0 saturated carbocycles. The van der Waals surface area contributed by atoms with E-state index in [4.69, 9.17) is 4.74 Å². The number of ether oxygens (including phenoxy) is 2. The van der Waals surface area contributed by atoms with E-state index in [1.807, 2.05) is 0 Å². The predicted octanol–water partition coefficient (Wildman–Crippen LogP) is 3.14. The van der Waals surface area contributed by atoms with Crippen LogP contribution in [-0.4, -0.2) is 42.7 Å². The van der Waals surface area contributed by atoms with Gasteiger partial charge in [0.05, 0.1) is 18.6 Å². The molecule has 0 bridgehead atoms. The first-order valence-corrected chi connectivity index (χ1v) is 10.1. The molecule has 33 heavy (non-hydrogen) atoms. The summed E-state index contributed by atoms with van der Waals surface area (Å²) in [5.74, 6) is -1.77. The average Bonchev–Trinajstić information content (AvgIpc) is 2.78. The van der Waals surface area contributed by atoms with E-state index in [9.17, 15) is 28.9 Å². The van der Waals surface area contributed by atoms with Gasteiger partial charge in [0.15, 0.2) is 0 Å². The number of halogens is 1. The van der Waals surface area contributed by atoms with Crippen LogP contribution in [0.4, 0.5) is 20.6 Å². The second-order valence-corrected chi connectivity index (χ2v) is 6.88. The van der Waals surface area contributed by atoms with Crippen molar-refractivity contribution < 1.29 is 33.2 Å². The van der Waals surface area contributed by atoms with Crippen molar-refractivity contribution in [2.75, 3.05) is 19.0 Å². The van der Waals surface area contributed by atoms with E-state index < -0.39 is 34.8 Å². The molecule has 0 aromatic heterocycles. The van der Waals surface area contributed by atoms with E-state index >= 15 is 0 Å². The van der Waals surface area contributed by atoms with Gasteiger partial charge in [0.25, 0.3) is 5.69 Å². The van der Waals surface area contributed by atoms with Crippen LogP contribution in [0.1, 0.15) is 24.5 Å². The van der Waals surface area contributed by atoms with Crippen LogP contribution >= 0.6 is 0 Å². The molecule has 10 nitrogen and oxygen atoms in total. The van der Waals surface area contributed by atoms with Gasteiger partial charge in [-0.1, -0.05) is 18.2 Å². The van der Waals surface area contributed by atoms with E-state index in [1.165, 1.54) is 42.5 Å². The third-order valence-electron chi connectivity index (χ3n) is 4.64. The number of non-ortho nitro benzene ring substituents is 1. The van der Waals surface area contributed by atoms with Gasteiger partial charge in [-0.25, -0.2) is 9.18 Å². The third kappa shape index (κ3) is 7.56. The van der Waals surface area contributed by atoms with Gasteiger partial charge < -0.3 is 20.1 Å². The highest BCUT2D eigenvalue weighted by molar-refractivity contribution is 5.97. The summed E-state index contributed by atoms with van der Waals surface area (Å²) in [6, 6.07) is 8.44. The second kappa shape index (κ2) is 12.1. The highest BCUT2D eigenvalue weighted by atomic mass is 19.1. The number of hydrogen-bond acceptors (Lipinski definition) is 7. The molecule has 0 aliphatic heterocycles. The number of carbonyl (C=O) groups excluding carboxylic acids is 3. The third-order valence-corrected chi connectivity index (χ3v) is 4.64. The number of methoxy groups -OCH3 is 1. The summed E-state index contributed by atoms with van der Waals surface area (Å²) in [6.07, 6.45) is -0.950. The number of rotatable bonds is 10. The zero-order valence-electron chi connectivity index (χ0n) is 18.1. The van der Waals surface area contributed by atoms with Crippen molar-refractivity contribution in [3.05, 3.63) is 69.5 Å². The lowest BCUT2D eigenvalue weighted by atomic mass is 10.0. The van der Waals surface area contributed by atoms with Gasteiger partial charge in [-0.05, 0) is 31.0 Å². The van der Waals surface area contributed by atoms with Gasteiger partial charge in [0.1, 0.15) is 11.9 Å². The summed E-state index contributed by atoms with van der Waals surface area (Å²) in [5, 5.41) is 15.8. The molecule has 0 heterocycles. The smallest absolute Gasteiger partial charge is 0.407 e. The Bertz CT molecular complexity index is 1010. The molecule has 2 aromatic rings. The van der Waals surface area contributed by atoms with Crippen LogP contribution in [0.2, 0.25) is 0 Å². The molecular weight excluding hydrogens is 437 g/mol. The highest BCUT2D eigenvalue weighted by Crippen LogP contribution is 2.22. The van der Waals surface area contributed by atoms with Crippen molar-refractivity contribution in [3.63, 3.8) is 0 Å². The molecule has 1 atom stereocenters. The summed E-state index contributed by atoms with van der Waals surface area (Å²) >= 11 is 0. The van der Waals surface area contributed by atoms with Gasteiger partial charge >= 0.3 is 12.1 Å². The molecule has 176 valence electrons. The molecule has 2 aromatic carbocycles. The number of carbonyl (C=O) groups is 3. The van der Waals surface area contributed by atoms with Gasteiger partial charge in [-0.15, -0.1) is 0 Å². The van der Waals surface area contributed by atoms with E-state index in [2.05, 4.69) is 15.4 Å². The van der Waals surface area contributed by atoms with Crippen molar-refractivity contribution in [1.29, 1.82) is 0 Å². The van der Waals surface area contributed by atoms with Crippen molar-refractivity contribution in [2.24, 2.45) is 0 Å². The Morgan fingerprint density at radius 2 is 1.85 bits per heavy atom. The summed E-state index contributed by atoms with van der Waals surface area (Å²) in [5.41, 5.74) is 0.682. The van der Waals surface area contributed by atoms with Crippen molar-refractivity contribution >= 4 is 29.3 Å². The monoisotopic (exact) mass is 461 g/mol. The van der Waals surface area contributed by atoms with Crippen LogP contribution in [0, 0.1) is 15.9 Å². The molecule has 2 N–H and O–H groups in total. The number of nitrogens with zero attached hydrogens (tertiary/aromatic N) is 1. The average molecular weight is 461 g/mol. The van der Waals surface area contributed by atoms with Crippen LogP contribution in [0.3, 0.4) is 0 Å². The number of benzene rings is 2. The van der Waals surface area contributed by atoms with E-state index in [1.54, 1.807) is 6.92 Å². The molecule has 11 heteroatoms. The fourth-order valence-corrected chi connectivity index (χ4v) is 3.01. The molecule has 0 spiro atoms. The SMILES string of the molecule is CCOC(=O)CCc1c(F)cccc1NC(=O)[C@H](Cc1ccc([N+](=O)[O-])cc1)NC(=O)OC. The number of hydrogen-bond donors (Lipinski definition) is 2. The fourth-order valence-electron chi connectivity index (χ4n) is 3.01. The second-order valence-electron chi connectivity index (χ2n) is 6.88. The maximum absolute atomic E-state index is 14.4. The number of nitro benzene ring substituents is 1. The molecule has 0 aliphatic rings. The summed E-state index contributed by atoms with van der Waals surface area (Å²) in [4.78, 5) is 46.6. The Kier molecular flexibility index (Phi) is 9.28. The lowest BCUT2D eigenvalue weighted by Gasteiger charge is -2.19. The number of nitro groups is 1. The highest BCUT2D eigenvalue weighted by Gasteiger charge is 2.24. The number of amides is 2. The van der Waals surface area contributed by atoms with E-state index in [-0.39, 0.29) is 42.8 Å². The minimum absolute atomic E-state index is 0.00142. The van der Waals surface area contributed by atoms with Gasteiger partial charge in [-0.2, -0.15) is 0 Å². The molecule has 0 radical (unpaired) electrons. The topological polar surface area (TPSA) is 137 Å². The minimum Gasteiger partial charge on any atom is -0.466 e. The first-order valence-electron chi connectivity index (χ1n) is 10.1. The largest absolute Gasteiger partial charge is 0.466 e. The van der Waals surface area contributed by atoms with Crippen LogP contribution in [0.5, 0.6) is 0 Å². The maximum Gasteiger partial charge on any atom is 0.407 e. The number of anilines is 1. The number of alkyl carbamates (subject to hydrolysis) is 1. The number of nitrogens with one attached hydrogen (secondary N) is 2. The Morgan fingerprint density at radius 3 is 2.45 bits per heavy atom. The lowest BCUT2D eigenvalue weighted by Crippen LogP contribution is -2.45. The minimum atomic E-state index is -1.12. The van der Waals surface area contributed by atoms with Gasteiger partial charge in [0.2, 0.25) is 5.91 Å². The van der Waals surface area contributed by atoms with Crippen molar-refractivity contribution in [1.82, 2.24) is 5.32 Å². The molecule has 0 unspecified atom stereocenters. The normalized spacial score (nSPS) is 11.2. The zero-order valence-corrected chi connectivity index (χ0v) is 18.1. The molecule has 0 fully saturated rings. The number of esters is 1. The Balaban J connectivity index is 2.21. The Hall–Kier alpha value is -4.02. The van der Waals surface area contributed by atoms with Crippen molar-refractivity contribution in [2.45, 2.75) is 32.2 Å². The summed E-state index contributed by atoms with van der Waals surface area (Å²) < 4.78 is 23.8. The molecule has 2 amide bonds. The quantitative estimate of drug-likeness (QED) is 0.315. The van der Waals surface area contributed by atoms with Gasteiger partial charge in [-0.3, -0.25) is 19.7 Å².